The van der Waals surface area contributed by atoms with Gasteiger partial charge in [0.2, 0.25) is 0 Å². The molecule has 0 amide bonds. The first kappa shape index (κ1) is 18.4. The van der Waals surface area contributed by atoms with E-state index in [9.17, 15) is 0 Å². The molecule has 0 radical (unpaired) electrons. The van der Waals surface area contributed by atoms with E-state index < -0.39 is 0 Å². The predicted molar refractivity (Wildman–Crippen MR) is 99.7 cm³/mol. The number of hydrazone groups is 1. The van der Waals surface area contributed by atoms with Gasteiger partial charge in [-0.2, -0.15) is 5.10 Å². The molecule has 0 unspecified atom stereocenters. The zero-order chi connectivity index (χ0) is 17.5. The van der Waals surface area contributed by atoms with Gasteiger partial charge < -0.3 is 14.9 Å². The van der Waals surface area contributed by atoms with E-state index in [1.807, 2.05) is 38.1 Å². The number of halogens is 2. The molecule has 24 heavy (non-hydrogen) atoms. The van der Waals surface area contributed by atoms with Crippen molar-refractivity contribution in [2.45, 2.75) is 26.5 Å². The number of benzene rings is 2. The second-order valence-corrected chi connectivity index (χ2v) is 6.18. The highest BCUT2D eigenvalue weighted by atomic mass is 35.5. The molecule has 0 fully saturated rings. The quantitative estimate of drug-likeness (QED) is 0.558. The number of hydrogen-bond donors (Lipinski definition) is 1. The van der Waals surface area contributed by atoms with E-state index in [-0.39, 0.29) is 6.10 Å². The molecule has 0 aliphatic carbocycles. The third-order valence-electron chi connectivity index (χ3n) is 3.17. The lowest BCUT2D eigenvalue weighted by molar-refractivity contribution is 0.230. The summed E-state index contributed by atoms with van der Waals surface area (Å²) < 4.78 is 11.0. The van der Waals surface area contributed by atoms with Gasteiger partial charge in [-0.25, -0.2) is 0 Å². The van der Waals surface area contributed by atoms with Crippen LogP contribution in [-0.2, 0) is 6.54 Å². The largest absolute Gasteiger partial charge is 0.493 e. The van der Waals surface area contributed by atoms with E-state index in [2.05, 4.69) is 10.5 Å². The van der Waals surface area contributed by atoms with Gasteiger partial charge in [-0.05, 0) is 49.7 Å². The van der Waals surface area contributed by atoms with Crippen molar-refractivity contribution in [1.82, 2.24) is 5.43 Å². The Kier molecular flexibility index (Phi) is 6.76. The van der Waals surface area contributed by atoms with E-state index in [1.54, 1.807) is 25.5 Å². The highest BCUT2D eigenvalue weighted by molar-refractivity contribution is 6.35. The van der Waals surface area contributed by atoms with Crippen molar-refractivity contribution in [1.29, 1.82) is 0 Å². The summed E-state index contributed by atoms with van der Waals surface area (Å²) in [5.41, 5.74) is 4.65. The molecule has 0 atom stereocenters. The molecule has 128 valence electrons. The van der Waals surface area contributed by atoms with Crippen LogP contribution in [0.5, 0.6) is 11.5 Å². The molecular weight excluding hydrogens is 347 g/mol. The number of rotatable bonds is 7. The third kappa shape index (κ3) is 5.05. The Hall–Kier alpha value is -1.91. The minimum absolute atomic E-state index is 0.0838. The molecule has 0 saturated heterocycles. The Labute approximate surface area is 152 Å². The molecule has 0 aliphatic heterocycles. The molecule has 0 heterocycles. The molecule has 2 aromatic rings. The fourth-order valence-corrected chi connectivity index (χ4v) is 2.59. The van der Waals surface area contributed by atoms with Crippen LogP contribution in [0.2, 0.25) is 10.0 Å². The number of nitrogens with one attached hydrogen (secondary N) is 1. The Morgan fingerprint density at radius 3 is 2.46 bits per heavy atom. The first-order chi connectivity index (χ1) is 11.5. The first-order valence-electron chi connectivity index (χ1n) is 7.54. The maximum absolute atomic E-state index is 6.12. The molecule has 1 N–H and O–H groups in total. The van der Waals surface area contributed by atoms with Crippen LogP contribution < -0.4 is 14.9 Å². The van der Waals surface area contributed by atoms with E-state index in [4.69, 9.17) is 32.7 Å². The van der Waals surface area contributed by atoms with Crippen LogP contribution in [-0.4, -0.2) is 19.4 Å². The summed E-state index contributed by atoms with van der Waals surface area (Å²) in [5, 5.41) is 5.42. The standard InChI is InChI=1S/C18H20Cl2N2O2/c1-12(2)24-17-8-7-13(9-18(17)23-3)10-21-22-11-14-15(19)5-4-6-16(14)20/h4-10,12,22H,11H2,1-3H3/b21-10-. The Morgan fingerprint density at radius 2 is 1.83 bits per heavy atom. The molecule has 0 saturated carbocycles. The van der Waals surface area contributed by atoms with Gasteiger partial charge in [-0.3, -0.25) is 0 Å². The molecule has 0 spiro atoms. The molecule has 0 aliphatic rings. The van der Waals surface area contributed by atoms with Crippen LogP contribution in [0.1, 0.15) is 25.0 Å². The fourth-order valence-electron chi connectivity index (χ4n) is 2.06. The normalized spacial score (nSPS) is 11.1. The lowest BCUT2D eigenvalue weighted by atomic mass is 10.2. The van der Waals surface area contributed by atoms with Crippen LogP contribution in [0, 0.1) is 0 Å². The van der Waals surface area contributed by atoms with Crippen molar-refractivity contribution in [2.24, 2.45) is 5.10 Å². The SMILES string of the molecule is COc1cc(/C=N\NCc2c(Cl)cccc2Cl)ccc1OC(C)C. The molecule has 0 aromatic heterocycles. The Balaban J connectivity index is 2.01. The first-order valence-corrected chi connectivity index (χ1v) is 8.30. The van der Waals surface area contributed by atoms with Gasteiger partial charge in [-0.15, -0.1) is 0 Å². The molecule has 0 bridgehead atoms. The smallest absolute Gasteiger partial charge is 0.161 e. The van der Waals surface area contributed by atoms with Crippen molar-refractivity contribution in [3.8, 4) is 11.5 Å². The summed E-state index contributed by atoms with van der Waals surface area (Å²) >= 11 is 12.2. The maximum atomic E-state index is 6.12. The van der Waals surface area contributed by atoms with Crippen LogP contribution >= 0.6 is 23.2 Å². The van der Waals surface area contributed by atoms with Gasteiger partial charge in [0, 0.05) is 15.6 Å². The van der Waals surface area contributed by atoms with Gasteiger partial charge >= 0.3 is 0 Å². The summed E-state index contributed by atoms with van der Waals surface area (Å²) in [5.74, 6) is 1.38. The number of methoxy groups -OCH3 is 1. The summed E-state index contributed by atoms with van der Waals surface area (Å²) in [6.45, 7) is 4.39. The number of ether oxygens (including phenoxy) is 2. The lowest BCUT2D eigenvalue weighted by Gasteiger charge is -2.13. The van der Waals surface area contributed by atoms with Crippen molar-refractivity contribution in [2.75, 3.05) is 7.11 Å². The zero-order valence-corrected chi connectivity index (χ0v) is 15.4. The van der Waals surface area contributed by atoms with Gasteiger partial charge in [0.25, 0.3) is 0 Å². The van der Waals surface area contributed by atoms with Crippen molar-refractivity contribution < 1.29 is 9.47 Å². The lowest BCUT2D eigenvalue weighted by Crippen LogP contribution is -2.08. The average molecular weight is 367 g/mol. The predicted octanol–water partition coefficient (Wildman–Crippen LogP) is 4.91. The maximum Gasteiger partial charge on any atom is 0.161 e. The van der Waals surface area contributed by atoms with Crippen LogP contribution in [0.4, 0.5) is 0 Å². The van der Waals surface area contributed by atoms with Crippen LogP contribution in [0.3, 0.4) is 0 Å². The van der Waals surface area contributed by atoms with E-state index >= 15 is 0 Å². The van der Waals surface area contributed by atoms with Crippen molar-refractivity contribution in [3.63, 3.8) is 0 Å². The zero-order valence-electron chi connectivity index (χ0n) is 13.8. The average Bonchev–Trinajstić information content (AvgIpc) is 2.54. The van der Waals surface area contributed by atoms with Gasteiger partial charge in [0.1, 0.15) is 0 Å². The molecular formula is C18H20Cl2N2O2. The Bertz CT molecular complexity index is 698. The molecule has 2 aromatic carbocycles. The summed E-state index contributed by atoms with van der Waals surface area (Å²) in [4.78, 5) is 0. The highest BCUT2D eigenvalue weighted by Crippen LogP contribution is 2.28. The Morgan fingerprint density at radius 1 is 1.12 bits per heavy atom. The van der Waals surface area contributed by atoms with Crippen molar-refractivity contribution in [3.05, 3.63) is 57.6 Å². The van der Waals surface area contributed by atoms with Crippen LogP contribution in [0.15, 0.2) is 41.5 Å². The van der Waals surface area contributed by atoms with Gasteiger partial charge in [0.05, 0.1) is 26.0 Å². The second kappa shape index (κ2) is 8.81. The second-order valence-electron chi connectivity index (χ2n) is 5.37. The van der Waals surface area contributed by atoms with E-state index in [1.165, 1.54) is 0 Å². The van der Waals surface area contributed by atoms with Gasteiger partial charge in [0.15, 0.2) is 11.5 Å². The third-order valence-corrected chi connectivity index (χ3v) is 3.88. The summed E-state index contributed by atoms with van der Waals surface area (Å²) in [6.07, 6.45) is 1.78. The highest BCUT2D eigenvalue weighted by Gasteiger charge is 2.07. The molecule has 2 rings (SSSR count). The van der Waals surface area contributed by atoms with Crippen LogP contribution in [0.25, 0.3) is 0 Å². The molecule has 4 nitrogen and oxygen atoms in total. The fraction of sp³-hybridized carbons (Fsp3) is 0.278. The summed E-state index contributed by atoms with van der Waals surface area (Å²) in [6, 6.07) is 11.0. The topological polar surface area (TPSA) is 42.8 Å². The monoisotopic (exact) mass is 366 g/mol. The summed E-state index contributed by atoms with van der Waals surface area (Å²) in [7, 11) is 1.61. The van der Waals surface area contributed by atoms with E-state index in [0.29, 0.717) is 28.1 Å². The van der Waals surface area contributed by atoms with Gasteiger partial charge in [-0.1, -0.05) is 29.3 Å². The number of hydrogen-bond acceptors (Lipinski definition) is 4. The number of nitrogens with zero attached hydrogens (tertiary/aromatic N) is 1. The minimum atomic E-state index is 0.0838. The van der Waals surface area contributed by atoms with Crippen molar-refractivity contribution >= 4 is 29.4 Å². The minimum Gasteiger partial charge on any atom is -0.493 e. The van der Waals surface area contributed by atoms with E-state index in [0.717, 1.165) is 11.1 Å². The molecule has 6 heteroatoms.